The van der Waals surface area contributed by atoms with Gasteiger partial charge in [0.2, 0.25) is 5.91 Å². The summed E-state index contributed by atoms with van der Waals surface area (Å²) >= 11 is 0. The highest BCUT2D eigenvalue weighted by atomic mass is 19.3. The lowest BCUT2D eigenvalue weighted by Crippen LogP contribution is -2.48. The second kappa shape index (κ2) is 9.78. The molecule has 0 bridgehead atoms. The molecule has 0 saturated carbocycles. The van der Waals surface area contributed by atoms with E-state index in [1.165, 1.54) is 37.1 Å². The van der Waals surface area contributed by atoms with Crippen LogP contribution in [0.3, 0.4) is 0 Å². The minimum atomic E-state index is -3.01. The Morgan fingerprint density at radius 1 is 1.09 bits per heavy atom. The third kappa shape index (κ3) is 4.93. The Bertz CT molecular complexity index is 1200. The van der Waals surface area contributed by atoms with Gasteiger partial charge in [0.15, 0.2) is 6.10 Å². The van der Waals surface area contributed by atoms with E-state index in [9.17, 15) is 18.4 Å². The summed E-state index contributed by atoms with van der Waals surface area (Å²) in [4.78, 5) is 26.6. The van der Waals surface area contributed by atoms with Crippen molar-refractivity contribution in [2.75, 3.05) is 23.9 Å². The van der Waals surface area contributed by atoms with E-state index in [0.717, 1.165) is 0 Å². The molecule has 1 atom stereocenters. The molecule has 0 saturated heterocycles. The molecule has 0 radical (unpaired) electrons. The summed E-state index contributed by atoms with van der Waals surface area (Å²) in [7, 11) is 1.52. The summed E-state index contributed by atoms with van der Waals surface area (Å²) in [6.45, 7) is -1.55. The summed E-state index contributed by atoms with van der Waals surface area (Å²) < 4.78 is 41.5. The first-order valence-electron chi connectivity index (χ1n) is 10.4. The van der Waals surface area contributed by atoms with E-state index in [1.807, 2.05) is 0 Å². The molecule has 2 amide bonds. The average Bonchev–Trinajstić information content (AvgIpc) is 2.84. The molecule has 34 heavy (non-hydrogen) atoms. The van der Waals surface area contributed by atoms with Crippen LogP contribution in [-0.4, -0.2) is 38.2 Å². The lowest BCUT2D eigenvalue weighted by molar-refractivity contribution is -0.123. The maximum atomic E-state index is 13.0. The van der Waals surface area contributed by atoms with Crippen LogP contribution in [0.1, 0.15) is 6.92 Å². The number of anilines is 2. The molecule has 0 aromatic heterocycles. The lowest BCUT2D eigenvalue weighted by atomic mass is 10.0. The average molecular weight is 468 g/mol. The molecule has 1 aliphatic heterocycles. The van der Waals surface area contributed by atoms with Crippen molar-refractivity contribution < 1.29 is 32.6 Å². The van der Waals surface area contributed by atoms with E-state index in [4.69, 9.17) is 9.47 Å². The number of carbonyl (C=O) groups is 2. The molecule has 9 heteroatoms. The maximum Gasteiger partial charge on any atom is 0.387 e. The Hall–Kier alpha value is -4.14. The largest absolute Gasteiger partial charge is 0.497 e. The number of amides is 2. The number of fused-ring (bicyclic) bond motifs is 1. The van der Waals surface area contributed by atoms with Crippen molar-refractivity contribution in [2.24, 2.45) is 0 Å². The minimum absolute atomic E-state index is 0.0378. The van der Waals surface area contributed by atoms with Gasteiger partial charge in [0.05, 0.1) is 19.3 Å². The van der Waals surface area contributed by atoms with Gasteiger partial charge in [-0.25, -0.2) is 0 Å². The Labute approximate surface area is 194 Å². The van der Waals surface area contributed by atoms with E-state index in [0.29, 0.717) is 34.0 Å². The first-order chi connectivity index (χ1) is 16.4. The SMILES string of the molecule is COc1ccc(-c2cc(NC(=O)C3CN(C(C)=O)c4ccccc4O3)ccc2OC(F)F)cc1. The molecule has 1 N–H and O–H groups in total. The van der Waals surface area contributed by atoms with Crippen molar-refractivity contribution in [3.05, 3.63) is 66.7 Å². The number of para-hydroxylation sites is 2. The number of hydrogen-bond acceptors (Lipinski definition) is 5. The van der Waals surface area contributed by atoms with Crippen LogP contribution in [0.4, 0.5) is 20.2 Å². The summed E-state index contributed by atoms with van der Waals surface area (Å²) in [5, 5.41) is 2.75. The second-order valence-corrected chi connectivity index (χ2v) is 7.51. The van der Waals surface area contributed by atoms with E-state index < -0.39 is 18.6 Å². The fraction of sp³-hybridized carbons (Fsp3) is 0.200. The lowest BCUT2D eigenvalue weighted by Gasteiger charge is -2.33. The number of nitrogens with zero attached hydrogens (tertiary/aromatic N) is 1. The zero-order chi connectivity index (χ0) is 24.2. The predicted molar refractivity (Wildman–Crippen MR) is 123 cm³/mol. The van der Waals surface area contributed by atoms with Crippen LogP contribution in [0.25, 0.3) is 11.1 Å². The summed E-state index contributed by atoms with van der Waals surface area (Å²) in [5.41, 5.74) is 1.91. The molecule has 176 valence electrons. The number of methoxy groups -OCH3 is 1. The van der Waals surface area contributed by atoms with Gasteiger partial charge in [-0.1, -0.05) is 24.3 Å². The number of alkyl halides is 2. The number of ether oxygens (including phenoxy) is 3. The molecular weight excluding hydrogens is 446 g/mol. The van der Waals surface area contributed by atoms with Crippen LogP contribution < -0.4 is 24.4 Å². The van der Waals surface area contributed by atoms with Gasteiger partial charge in [-0.2, -0.15) is 8.78 Å². The molecule has 4 rings (SSSR count). The van der Waals surface area contributed by atoms with Crippen LogP contribution in [0.5, 0.6) is 17.2 Å². The first-order valence-corrected chi connectivity index (χ1v) is 10.4. The number of nitrogens with one attached hydrogen (secondary N) is 1. The maximum absolute atomic E-state index is 13.0. The molecule has 0 fully saturated rings. The molecule has 7 nitrogen and oxygen atoms in total. The van der Waals surface area contributed by atoms with Gasteiger partial charge in [-0.3, -0.25) is 9.59 Å². The smallest absolute Gasteiger partial charge is 0.387 e. The highest BCUT2D eigenvalue weighted by Gasteiger charge is 2.32. The minimum Gasteiger partial charge on any atom is -0.497 e. The molecule has 1 unspecified atom stereocenters. The van der Waals surface area contributed by atoms with Gasteiger partial charge in [-0.15, -0.1) is 0 Å². The Morgan fingerprint density at radius 3 is 2.50 bits per heavy atom. The molecule has 3 aromatic rings. The van der Waals surface area contributed by atoms with Crippen molar-refractivity contribution in [3.63, 3.8) is 0 Å². The molecule has 0 spiro atoms. The van der Waals surface area contributed by atoms with Crippen LogP contribution in [0.2, 0.25) is 0 Å². The van der Waals surface area contributed by atoms with E-state index in [1.54, 1.807) is 48.5 Å². The standard InChI is InChI=1S/C25H22F2N2O5/c1-15(30)29-14-23(33-22-6-4-3-5-20(22)29)24(31)28-17-9-12-21(34-25(26)27)19(13-17)16-7-10-18(32-2)11-8-16/h3-13,23,25H,14H2,1-2H3,(H,28,31). The fourth-order valence-corrected chi connectivity index (χ4v) is 3.69. The van der Waals surface area contributed by atoms with Gasteiger partial charge in [-0.05, 0) is 48.0 Å². The highest BCUT2D eigenvalue weighted by molar-refractivity contribution is 5.99. The van der Waals surface area contributed by atoms with E-state index >= 15 is 0 Å². The van der Waals surface area contributed by atoms with Gasteiger partial charge in [0.1, 0.15) is 17.2 Å². The monoisotopic (exact) mass is 468 g/mol. The third-order valence-electron chi connectivity index (χ3n) is 5.31. The molecular formula is C25H22F2N2O5. The van der Waals surface area contributed by atoms with Crippen molar-refractivity contribution in [1.82, 2.24) is 0 Å². The van der Waals surface area contributed by atoms with Crippen molar-refractivity contribution >= 4 is 23.2 Å². The summed E-state index contributed by atoms with van der Waals surface area (Å²) in [6, 6.07) is 18.1. The van der Waals surface area contributed by atoms with Gasteiger partial charge < -0.3 is 24.4 Å². The topological polar surface area (TPSA) is 77.1 Å². The fourth-order valence-electron chi connectivity index (χ4n) is 3.69. The van der Waals surface area contributed by atoms with Gasteiger partial charge in [0, 0.05) is 18.2 Å². The zero-order valence-corrected chi connectivity index (χ0v) is 18.5. The van der Waals surface area contributed by atoms with Crippen molar-refractivity contribution in [3.8, 4) is 28.4 Å². The normalized spacial score (nSPS) is 14.7. The highest BCUT2D eigenvalue weighted by Crippen LogP contribution is 2.36. The molecule has 1 heterocycles. The number of carbonyl (C=O) groups excluding carboxylic acids is 2. The van der Waals surface area contributed by atoms with Crippen molar-refractivity contribution in [2.45, 2.75) is 19.6 Å². The molecule has 1 aliphatic rings. The zero-order valence-electron chi connectivity index (χ0n) is 18.5. The summed E-state index contributed by atoms with van der Waals surface area (Å²) in [5.74, 6) is 0.287. The van der Waals surface area contributed by atoms with Crippen LogP contribution in [0.15, 0.2) is 66.7 Å². The van der Waals surface area contributed by atoms with Crippen LogP contribution in [-0.2, 0) is 9.59 Å². The predicted octanol–water partition coefficient (Wildman–Crippen LogP) is 4.72. The number of benzene rings is 3. The van der Waals surface area contributed by atoms with Gasteiger partial charge >= 0.3 is 6.61 Å². The van der Waals surface area contributed by atoms with Crippen LogP contribution >= 0.6 is 0 Å². The number of rotatable bonds is 6. The second-order valence-electron chi connectivity index (χ2n) is 7.51. The number of hydrogen-bond donors (Lipinski definition) is 1. The Morgan fingerprint density at radius 2 is 1.82 bits per heavy atom. The Balaban J connectivity index is 1.60. The van der Waals surface area contributed by atoms with Gasteiger partial charge in [0.25, 0.3) is 5.91 Å². The van der Waals surface area contributed by atoms with Crippen LogP contribution in [0, 0.1) is 0 Å². The quantitative estimate of drug-likeness (QED) is 0.567. The first kappa shape index (κ1) is 23.0. The Kier molecular flexibility index (Phi) is 6.62. The molecule has 3 aromatic carbocycles. The third-order valence-corrected chi connectivity index (χ3v) is 5.31. The van der Waals surface area contributed by atoms with E-state index in [2.05, 4.69) is 10.1 Å². The van der Waals surface area contributed by atoms with E-state index in [-0.39, 0.29) is 18.2 Å². The van der Waals surface area contributed by atoms with Crippen molar-refractivity contribution in [1.29, 1.82) is 0 Å². The summed E-state index contributed by atoms with van der Waals surface area (Å²) in [6.07, 6.45) is -0.958. The molecule has 0 aliphatic carbocycles. The number of halogens is 2.